The minimum absolute atomic E-state index is 0.265. The fourth-order valence-electron chi connectivity index (χ4n) is 3.47. The number of carbonyl (C=O) groups excluding carboxylic acids is 2. The van der Waals surface area contributed by atoms with Gasteiger partial charge in [0.05, 0.1) is 41.5 Å². The molecule has 2 N–H and O–H groups in total. The number of ether oxygens (including phenoxy) is 3. The Morgan fingerprint density at radius 2 is 1.91 bits per heavy atom. The number of anilines is 1. The van der Waals surface area contributed by atoms with Crippen molar-refractivity contribution in [2.24, 2.45) is 0 Å². The molecule has 0 radical (unpaired) electrons. The Labute approximate surface area is 206 Å². The maximum Gasteiger partial charge on any atom is 0.338 e. The predicted molar refractivity (Wildman–Crippen MR) is 132 cm³/mol. The van der Waals surface area contributed by atoms with Gasteiger partial charge in [-0.2, -0.15) is 0 Å². The third-order valence-electron chi connectivity index (χ3n) is 5.30. The summed E-state index contributed by atoms with van der Waals surface area (Å²) < 4.78 is 16.0. The Kier molecular flexibility index (Phi) is 7.17. The fraction of sp³-hybridized carbons (Fsp3) is 0.200. The SMILES string of the molecule is CCC(OC(=O)c1ccc2nc(-c3cccnc3)[nH]c2c1)C(=O)Nc1cc(Cl)c(OC)cc1OC. The van der Waals surface area contributed by atoms with Crippen molar-refractivity contribution in [2.45, 2.75) is 19.4 Å². The summed E-state index contributed by atoms with van der Waals surface area (Å²) in [5, 5.41) is 3.01. The number of carbonyl (C=O) groups is 2. The number of amides is 1. The Balaban J connectivity index is 1.50. The number of H-pyrrole nitrogens is 1. The van der Waals surface area contributed by atoms with Gasteiger partial charge in [-0.3, -0.25) is 9.78 Å². The van der Waals surface area contributed by atoms with Crippen molar-refractivity contribution in [3.63, 3.8) is 0 Å². The number of hydrogen-bond acceptors (Lipinski definition) is 7. The van der Waals surface area contributed by atoms with Crippen LogP contribution in [0.5, 0.6) is 11.5 Å². The van der Waals surface area contributed by atoms with Crippen molar-refractivity contribution in [3.8, 4) is 22.9 Å². The lowest BCUT2D eigenvalue weighted by atomic mass is 10.2. The number of fused-ring (bicyclic) bond motifs is 1. The number of rotatable bonds is 8. The molecule has 2 heterocycles. The first kappa shape index (κ1) is 24.0. The Morgan fingerprint density at radius 3 is 2.60 bits per heavy atom. The van der Waals surface area contributed by atoms with E-state index in [1.807, 2.05) is 12.1 Å². The summed E-state index contributed by atoms with van der Waals surface area (Å²) in [5.41, 5.74) is 2.79. The average Bonchev–Trinajstić information content (AvgIpc) is 3.31. The summed E-state index contributed by atoms with van der Waals surface area (Å²) in [5.74, 6) is 0.250. The Morgan fingerprint density at radius 1 is 1.11 bits per heavy atom. The number of aromatic nitrogens is 3. The second-order valence-corrected chi connectivity index (χ2v) is 7.94. The minimum atomic E-state index is -1.03. The molecule has 10 heteroatoms. The second-order valence-electron chi connectivity index (χ2n) is 7.54. The van der Waals surface area contributed by atoms with Crippen LogP contribution in [0.15, 0.2) is 54.9 Å². The average molecular weight is 495 g/mol. The van der Waals surface area contributed by atoms with Crippen LogP contribution < -0.4 is 14.8 Å². The van der Waals surface area contributed by atoms with Crippen LogP contribution >= 0.6 is 11.6 Å². The summed E-state index contributed by atoms with van der Waals surface area (Å²) in [6.07, 6.45) is 2.61. The molecule has 0 aliphatic heterocycles. The molecular weight excluding hydrogens is 472 g/mol. The van der Waals surface area contributed by atoms with Crippen molar-refractivity contribution in [1.82, 2.24) is 15.0 Å². The molecule has 2 aromatic heterocycles. The Bertz CT molecular complexity index is 1370. The van der Waals surface area contributed by atoms with Gasteiger partial charge in [0.1, 0.15) is 17.3 Å². The highest BCUT2D eigenvalue weighted by Gasteiger charge is 2.24. The first-order chi connectivity index (χ1) is 16.9. The van der Waals surface area contributed by atoms with Gasteiger partial charge in [0.2, 0.25) is 0 Å². The maximum atomic E-state index is 12.9. The van der Waals surface area contributed by atoms with Gasteiger partial charge in [-0.1, -0.05) is 18.5 Å². The van der Waals surface area contributed by atoms with E-state index in [9.17, 15) is 9.59 Å². The topological polar surface area (TPSA) is 115 Å². The number of benzene rings is 2. The number of nitrogens with zero attached hydrogens (tertiary/aromatic N) is 2. The molecule has 0 fully saturated rings. The quantitative estimate of drug-likeness (QED) is 0.336. The third kappa shape index (κ3) is 5.20. The van der Waals surface area contributed by atoms with E-state index in [-0.39, 0.29) is 12.0 Å². The molecule has 0 aliphatic rings. The summed E-state index contributed by atoms with van der Waals surface area (Å²) in [6.45, 7) is 1.74. The minimum Gasteiger partial charge on any atom is -0.495 e. The third-order valence-corrected chi connectivity index (χ3v) is 5.59. The standard InChI is InChI=1S/C25H23ClN4O5/c1-4-20(24(31)30-19-11-16(26)21(33-2)12-22(19)34-3)35-25(32)14-7-8-17-18(10-14)29-23(28-17)15-6-5-9-27-13-15/h5-13,20H,4H2,1-3H3,(H,28,29)(H,30,31). The molecule has 1 atom stereocenters. The summed E-state index contributed by atoms with van der Waals surface area (Å²) in [4.78, 5) is 37.5. The molecule has 1 unspecified atom stereocenters. The molecule has 2 aromatic carbocycles. The molecule has 0 spiro atoms. The van der Waals surface area contributed by atoms with Crippen LogP contribution in [-0.4, -0.2) is 47.2 Å². The van der Waals surface area contributed by atoms with Gasteiger partial charge in [-0.25, -0.2) is 9.78 Å². The zero-order valence-electron chi connectivity index (χ0n) is 19.3. The number of nitrogens with one attached hydrogen (secondary N) is 2. The van der Waals surface area contributed by atoms with E-state index >= 15 is 0 Å². The van der Waals surface area contributed by atoms with Crippen molar-refractivity contribution < 1.29 is 23.8 Å². The second kappa shape index (κ2) is 10.4. The molecule has 4 aromatic rings. The van der Waals surface area contributed by atoms with Crippen LogP contribution in [0, 0.1) is 0 Å². The van der Waals surface area contributed by atoms with Crippen LogP contribution in [0.2, 0.25) is 5.02 Å². The van der Waals surface area contributed by atoms with E-state index < -0.39 is 18.0 Å². The highest BCUT2D eigenvalue weighted by atomic mass is 35.5. The number of aromatic amines is 1. The van der Waals surface area contributed by atoms with Crippen molar-refractivity contribution >= 4 is 40.2 Å². The van der Waals surface area contributed by atoms with E-state index in [2.05, 4.69) is 20.3 Å². The number of esters is 1. The summed E-state index contributed by atoms with van der Waals surface area (Å²) in [6, 6.07) is 11.7. The first-order valence-corrected chi connectivity index (χ1v) is 11.1. The number of hydrogen-bond donors (Lipinski definition) is 2. The van der Waals surface area contributed by atoms with Gasteiger partial charge in [-0.15, -0.1) is 0 Å². The normalized spacial score (nSPS) is 11.7. The van der Waals surface area contributed by atoms with Crippen LogP contribution in [0.3, 0.4) is 0 Å². The maximum absolute atomic E-state index is 12.9. The number of halogens is 1. The van der Waals surface area contributed by atoms with Crippen molar-refractivity contribution in [3.05, 3.63) is 65.4 Å². The van der Waals surface area contributed by atoms with Gasteiger partial charge >= 0.3 is 5.97 Å². The zero-order valence-corrected chi connectivity index (χ0v) is 20.1. The summed E-state index contributed by atoms with van der Waals surface area (Å²) >= 11 is 6.18. The van der Waals surface area contributed by atoms with Gasteiger partial charge in [0.15, 0.2) is 6.10 Å². The molecule has 9 nitrogen and oxygen atoms in total. The predicted octanol–water partition coefficient (Wildman–Crippen LogP) is 4.87. The lowest BCUT2D eigenvalue weighted by Crippen LogP contribution is -2.32. The van der Waals surface area contributed by atoms with Gasteiger partial charge in [0.25, 0.3) is 5.91 Å². The highest BCUT2D eigenvalue weighted by molar-refractivity contribution is 6.32. The lowest BCUT2D eigenvalue weighted by molar-refractivity contribution is -0.124. The smallest absolute Gasteiger partial charge is 0.338 e. The number of methoxy groups -OCH3 is 2. The number of pyridine rings is 1. The van der Waals surface area contributed by atoms with Gasteiger partial charge in [-0.05, 0) is 42.8 Å². The monoisotopic (exact) mass is 494 g/mol. The molecule has 0 saturated heterocycles. The zero-order chi connectivity index (χ0) is 24.9. The molecule has 35 heavy (non-hydrogen) atoms. The number of imidazole rings is 1. The fourth-order valence-corrected chi connectivity index (χ4v) is 3.71. The largest absolute Gasteiger partial charge is 0.495 e. The Hall–Kier alpha value is -4.11. The van der Waals surface area contributed by atoms with Crippen LogP contribution in [-0.2, 0) is 9.53 Å². The van der Waals surface area contributed by atoms with Crippen LogP contribution in [0.1, 0.15) is 23.7 Å². The molecule has 0 bridgehead atoms. The summed E-state index contributed by atoms with van der Waals surface area (Å²) in [7, 11) is 2.94. The van der Waals surface area contributed by atoms with E-state index in [0.717, 1.165) is 5.56 Å². The van der Waals surface area contributed by atoms with E-state index in [1.54, 1.807) is 43.6 Å². The van der Waals surface area contributed by atoms with E-state index in [4.69, 9.17) is 25.8 Å². The van der Waals surface area contributed by atoms with Crippen LogP contribution in [0.4, 0.5) is 5.69 Å². The molecule has 4 rings (SSSR count). The van der Waals surface area contributed by atoms with Crippen LogP contribution in [0.25, 0.3) is 22.4 Å². The molecule has 0 aliphatic carbocycles. The first-order valence-electron chi connectivity index (χ1n) is 10.8. The molecular formula is C25H23ClN4O5. The molecule has 1 amide bonds. The molecule has 0 saturated carbocycles. The van der Waals surface area contributed by atoms with Crippen molar-refractivity contribution in [1.29, 1.82) is 0 Å². The van der Waals surface area contributed by atoms with Gasteiger partial charge in [0, 0.05) is 24.0 Å². The molecule has 180 valence electrons. The van der Waals surface area contributed by atoms with E-state index in [0.29, 0.717) is 39.1 Å². The van der Waals surface area contributed by atoms with Gasteiger partial charge < -0.3 is 24.5 Å². The van der Waals surface area contributed by atoms with Crippen molar-refractivity contribution in [2.75, 3.05) is 19.5 Å². The lowest BCUT2D eigenvalue weighted by Gasteiger charge is -2.18. The van der Waals surface area contributed by atoms with E-state index in [1.165, 1.54) is 20.3 Å². The highest BCUT2D eigenvalue weighted by Crippen LogP contribution is 2.36.